The van der Waals surface area contributed by atoms with Crippen molar-refractivity contribution in [3.8, 4) is 0 Å². The molecule has 0 aliphatic carbocycles. The van der Waals surface area contributed by atoms with Crippen molar-refractivity contribution in [3.63, 3.8) is 0 Å². The zero-order chi connectivity index (χ0) is 58.4. The Kier molecular flexibility index (Phi) is 23.7. The molecular formula is C66H82N8O8. The number of likely N-dealkylation sites (tertiary alicyclic amines) is 2. The van der Waals surface area contributed by atoms with E-state index >= 15 is 0 Å². The Morgan fingerprint density at radius 2 is 0.780 bits per heavy atom. The highest BCUT2D eigenvalue weighted by Gasteiger charge is 2.40. The second-order valence-corrected chi connectivity index (χ2v) is 21.7. The van der Waals surface area contributed by atoms with Crippen LogP contribution in [-0.2, 0) is 28.8 Å². The first-order valence-corrected chi connectivity index (χ1v) is 29.3. The molecule has 5 aromatic carbocycles. The molecule has 0 spiro atoms. The number of nitrogens with one attached hydrogen (secondary N) is 6. The second-order valence-electron chi connectivity index (χ2n) is 21.7. The maximum atomic E-state index is 14.3. The van der Waals surface area contributed by atoms with E-state index in [1.54, 1.807) is 62.0 Å². The van der Waals surface area contributed by atoms with Crippen LogP contribution in [0, 0.1) is 0 Å². The van der Waals surface area contributed by atoms with E-state index in [4.69, 9.17) is 0 Å². The van der Waals surface area contributed by atoms with Crippen molar-refractivity contribution >= 4 is 47.0 Å². The van der Waals surface area contributed by atoms with Crippen LogP contribution in [0.25, 0.3) is 0 Å². The Hall–Kier alpha value is -7.82. The molecule has 2 fully saturated rings. The molecule has 0 radical (unpaired) electrons. The number of benzene rings is 5. The highest BCUT2D eigenvalue weighted by atomic mass is 16.2. The molecule has 2 heterocycles. The first-order chi connectivity index (χ1) is 39.8. The third-order valence-corrected chi connectivity index (χ3v) is 16.0. The predicted octanol–water partition coefficient (Wildman–Crippen LogP) is 7.93. The van der Waals surface area contributed by atoms with Gasteiger partial charge in [-0.05, 0) is 108 Å². The molecule has 2 aliphatic heterocycles. The largest absolute Gasteiger partial charge is 0.343 e. The van der Waals surface area contributed by atoms with Gasteiger partial charge >= 0.3 is 0 Å². The van der Waals surface area contributed by atoms with Gasteiger partial charge in [-0.3, -0.25) is 38.4 Å². The first kappa shape index (κ1) is 61.8. The maximum absolute atomic E-state index is 14.3. The molecule has 6 atom stereocenters. The topological polar surface area (TPSA) is 215 Å². The lowest BCUT2D eigenvalue weighted by Gasteiger charge is -2.30. The van der Waals surface area contributed by atoms with Crippen LogP contribution >= 0.6 is 0 Å². The summed E-state index contributed by atoms with van der Waals surface area (Å²) in [7, 11) is 3.34. The van der Waals surface area contributed by atoms with Gasteiger partial charge in [0.2, 0.25) is 35.4 Å². The minimum Gasteiger partial charge on any atom is -0.343 e. The fourth-order valence-corrected chi connectivity index (χ4v) is 10.9. The van der Waals surface area contributed by atoms with Crippen LogP contribution in [0.2, 0.25) is 0 Å². The summed E-state index contributed by atoms with van der Waals surface area (Å²) in [5.74, 6) is -2.00. The van der Waals surface area contributed by atoms with Crippen LogP contribution in [0.3, 0.4) is 0 Å². The van der Waals surface area contributed by atoms with E-state index < -0.39 is 48.3 Å². The minimum absolute atomic E-state index is 0.107. The van der Waals surface area contributed by atoms with Crippen molar-refractivity contribution in [2.24, 2.45) is 0 Å². The van der Waals surface area contributed by atoms with Crippen LogP contribution in [-0.4, -0.2) is 120 Å². The fraction of sp³-hybridized carbons (Fsp3) is 0.424. The molecule has 2 saturated heterocycles. The van der Waals surface area contributed by atoms with Gasteiger partial charge in [0, 0.05) is 37.1 Å². The standard InChI is InChI=1S/C66H82N8O8/c1-45(67-3)61(77)69-53(65(81)73-42-24-38-55(73)63(79)71-59(47-26-11-5-12-27-47)48-28-13-6-14-29-48)36-19-9-21-40-57(75)51-34-23-35-52(44-51)58(76)41-22-10-20-37-54(70-62(78)46(2)68-4)66(82)74-43-25-39-56(74)64(80)72-60(49-30-15-7-16-31-49)50-32-17-8-18-33-50/h5-8,11-18,23,26-35,44-46,53-56,59-60,67-68H,9-10,19-22,24-25,36-43H2,1-4H3,(H,69,77)(H,70,78)(H,71,79)(H,72,80)/t45-,46-,53-,54-,55-,56-/m0/s1. The molecule has 5 aromatic rings. The molecule has 0 unspecified atom stereocenters. The lowest BCUT2D eigenvalue weighted by atomic mass is 9.97. The average molecular weight is 1120 g/mol. The van der Waals surface area contributed by atoms with Crippen LogP contribution in [0.4, 0.5) is 0 Å². The molecule has 2 aliphatic rings. The predicted molar refractivity (Wildman–Crippen MR) is 317 cm³/mol. The number of unbranched alkanes of at least 4 members (excludes halogenated alkanes) is 4. The molecular weight excluding hydrogens is 1030 g/mol. The Bertz CT molecular complexity index is 2640. The van der Waals surface area contributed by atoms with Gasteiger partial charge in [0.15, 0.2) is 11.6 Å². The Balaban J connectivity index is 0.885. The highest BCUT2D eigenvalue weighted by molar-refractivity contribution is 6.01. The van der Waals surface area contributed by atoms with E-state index in [0.29, 0.717) is 101 Å². The first-order valence-electron chi connectivity index (χ1n) is 29.3. The van der Waals surface area contributed by atoms with Gasteiger partial charge in [0.05, 0.1) is 24.2 Å². The number of ketones is 2. The normalized spacial score (nSPS) is 16.5. The van der Waals surface area contributed by atoms with Gasteiger partial charge in [-0.2, -0.15) is 0 Å². The quantitative estimate of drug-likeness (QED) is 0.0193. The van der Waals surface area contributed by atoms with Crippen molar-refractivity contribution in [2.75, 3.05) is 27.2 Å². The molecule has 82 heavy (non-hydrogen) atoms. The molecule has 0 saturated carbocycles. The van der Waals surface area contributed by atoms with E-state index in [-0.39, 0.29) is 59.9 Å². The van der Waals surface area contributed by atoms with Gasteiger partial charge < -0.3 is 41.7 Å². The summed E-state index contributed by atoms with van der Waals surface area (Å²) < 4.78 is 0. The number of rotatable bonds is 30. The summed E-state index contributed by atoms with van der Waals surface area (Å²) in [5.41, 5.74) is 4.55. The Morgan fingerprint density at radius 1 is 0.439 bits per heavy atom. The molecule has 7 rings (SSSR count). The highest BCUT2D eigenvalue weighted by Crippen LogP contribution is 2.28. The van der Waals surface area contributed by atoms with Gasteiger partial charge in [0.1, 0.15) is 24.2 Å². The van der Waals surface area contributed by atoms with Crippen molar-refractivity contribution in [3.05, 3.63) is 179 Å². The zero-order valence-corrected chi connectivity index (χ0v) is 47.9. The number of amides is 6. The van der Waals surface area contributed by atoms with Gasteiger partial charge in [-0.1, -0.05) is 165 Å². The number of carbonyl (C=O) groups is 8. The SMILES string of the molecule is CN[C@@H](C)C(=O)N[C@@H](CCCCCC(=O)c1cccc(C(=O)CCCCC[C@H](NC(=O)[C@H](C)NC)C(=O)N2CCC[C@H]2C(=O)NC(c2ccccc2)c2ccccc2)c1)C(=O)N1CCC[C@H]1C(=O)NC(c1ccccc1)c1ccccc1. The number of likely N-dealkylation sites (N-methyl/N-ethyl adjacent to an activating group) is 2. The van der Waals surface area contributed by atoms with E-state index in [0.717, 1.165) is 22.3 Å². The third-order valence-electron chi connectivity index (χ3n) is 16.0. The van der Waals surface area contributed by atoms with Gasteiger partial charge in [0.25, 0.3) is 0 Å². The van der Waals surface area contributed by atoms with Crippen molar-refractivity contribution in [1.29, 1.82) is 0 Å². The molecule has 16 heteroatoms. The summed E-state index contributed by atoms with van der Waals surface area (Å²) >= 11 is 0. The van der Waals surface area contributed by atoms with Crippen molar-refractivity contribution in [2.45, 2.75) is 152 Å². The van der Waals surface area contributed by atoms with E-state index in [1.807, 2.05) is 121 Å². The fourth-order valence-electron chi connectivity index (χ4n) is 10.9. The summed E-state index contributed by atoms with van der Waals surface area (Å²) in [4.78, 5) is 113. The maximum Gasteiger partial charge on any atom is 0.245 e. The number of nitrogens with zero attached hydrogens (tertiary/aromatic N) is 2. The second kappa shape index (κ2) is 31.4. The van der Waals surface area contributed by atoms with Crippen molar-refractivity contribution in [1.82, 2.24) is 41.7 Å². The molecule has 434 valence electrons. The van der Waals surface area contributed by atoms with Crippen LogP contribution < -0.4 is 31.9 Å². The number of hydrogen-bond donors (Lipinski definition) is 6. The molecule has 0 aromatic heterocycles. The van der Waals surface area contributed by atoms with E-state index in [9.17, 15) is 38.4 Å². The summed E-state index contributed by atoms with van der Waals surface area (Å²) in [6.45, 7) is 4.21. The minimum atomic E-state index is -0.867. The molecule has 6 N–H and O–H groups in total. The lowest BCUT2D eigenvalue weighted by molar-refractivity contribution is -0.142. The van der Waals surface area contributed by atoms with Crippen LogP contribution in [0.5, 0.6) is 0 Å². The average Bonchev–Trinajstić information content (AvgIpc) is 4.41. The Labute approximate surface area is 483 Å². The third kappa shape index (κ3) is 17.1. The van der Waals surface area contributed by atoms with Crippen LogP contribution in [0.15, 0.2) is 146 Å². The van der Waals surface area contributed by atoms with E-state index in [1.165, 1.54) is 0 Å². The molecule has 6 amide bonds. The van der Waals surface area contributed by atoms with Gasteiger partial charge in [-0.15, -0.1) is 0 Å². The Morgan fingerprint density at radius 3 is 1.11 bits per heavy atom. The van der Waals surface area contributed by atoms with E-state index in [2.05, 4.69) is 31.9 Å². The lowest BCUT2D eigenvalue weighted by Crippen LogP contribution is -2.55. The number of hydrogen-bond acceptors (Lipinski definition) is 10. The summed E-state index contributed by atoms with van der Waals surface area (Å²) in [6.07, 6.45) is 6.75. The van der Waals surface area contributed by atoms with Crippen LogP contribution in [0.1, 0.15) is 159 Å². The van der Waals surface area contributed by atoms with Gasteiger partial charge in [-0.25, -0.2) is 0 Å². The summed E-state index contributed by atoms with van der Waals surface area (Å²) in [6, 6.07) is 40.5. The summed E-state index contributed by atoms with van der Waals surface area (Å²) in [5, 5.41) is 18.2. The number of carbonyl (C=O) groups excluding carboxylic acids is 8. The van der Waals surface area contributed by atoms with Crippen molar-refractivity contribution < 1.29 is 38.4 Å². The monoisotopic (exact) mass is 1110 g/mol. The smallest absolute Gasteiger partial charge is 0.245 e. The zero-order valence-electron chi connectivity index (χ0n) is 47.9. The molecule has 16 nitrogen and oxygen atoms in total. The molecule has 0 bridgehead atoms. The number of Topliss-reactive ketones (excluding diaryl/α,β-unsaturated/α-hetero) is 2.